The third kappa shape index (κ3) is 6.03. The third-order valence-corrected chi connectivity index (χ3v) is 5.61. The van der Waals surface area contributed by atoms with Gasteiger partial charge in [0.05, 0.1) is 6.10 Å². The first-order chi connectivity index (χ1) is 9.69. The van der Waals surface area contributed by atoms with Crippen LogP contribution >= 0.6 is 15.9 Å². The topological polar surface area (TPSA) is 12.5 Å². The Morgan fingerprint density at radius 2 is 1.85 bits per heavy atom. The fourth-order valence-corrected chi connectivity index (χ4v) is 4.31. The van der Waals surface area contributed by atoms with Crippen molar-refractivity contribution >= 4 is 15.9 Å². The number of hydrogen-bond donors (Lipinski definition) is 0. The van der Waals surface area contributed by atoms with Crippen LogP contribution in [0.4, 0.5) is 0 Å². The molecule has 1 fully saturated rings. The van der Waals surface area contributed by atoms with Crippen LogP contribution in [0.1, 0.15) is 65.7 Å². The normalized spacial score (nSPS) is 21.3. The SMILES string of the molecule is CCCOC1CCCN(CC(CBr)(CCC)CCC)C1. The number of likely N-dealkylation sites (tertiary alicyclic amines) is 1. The second kappa shape index (κ2) is 10.2. The van der Waals surface area contributed by atoms with Gasteiger partial charge in [-0.2, -0.15) is 0 Å². The van der Waals surface area contributed by atoms with Crippen LogP contribution in [0.3, 0.4) is 0 Å². The van der Waals surface area contributed by atoms with Gasteiger partial charge in [-0.15, -0.1) is 0 Å². The van der Waals surface area contributed by atoms with E-state index in [9.17, 15) is 0 Å². The zero-order valence-electron chi connectivity index (χ0n) is 13.8. The lowest BCUT2D eigenvalue weighted by molar-refractivity contribution is -0.0115. The van der Waals surface area contributed by atoms with Gasteiger partial charge >= 0.3 is 0 Å². The van der Waals surface area contributed by atoms with Gasteiger partial charge in [-0.25, -0.2) is 0 Å². The minimum Gasteiger partial charge on any atom is -0.377 e. The van der Waals surface area contributed by atoms with Gasteiger partial charge in [0.25, 0.3) is 0 Å². The highest BCUT2D eigenvalue weighted by atomic mass is 79.9. The van der Waals surface area contributed by atoms with Crippen molar-refractivity contribution < 1.29 is 4.74 Å². The van der Waals surface area contributed by atoms with Gasteiger partial charge in [-0.05, 0) is 44.1 Å². The van der Waals surface area contributed by atoms with Gasteiger partial charge in [0, 0.05) is 25.0 Å². The molecule has 0 saturated carbocycles. The van der Waals surface area contributed by atoms with E-state index < -0.39 is 0 Å². The molecule has 120 valence electrons. The predicted molar refractivity (Wildman–Crippen MR) is 91.7 cm³/mol. The van der Waals surface area contributed by atoms with Gasteiger partial charge in [0.2, 0.25) is 0 Å². The monoisotopic (exact) mass is 347 g/mol. The standard InChI is InChI=1S/C17H34BrNO/c1-4-9-17(14-18,10-5-2)15-19-11-7-8-16(13-19)20-12-6-3/h16H,4-15H2,1-3H3. The highest BCUT2D eigenvalue weighted by molar-refractivity contribution is 9.09. The van der Waals surface area contributed by atoms with Crippen LogP contribution in [0.5, 0.6) is 0 Å². The summed E-state index contributed by atoms with van der Waals surface area (Å²) in [5, 5.41) is 1.14. The molecule has 1 atom stereocenters. The Bertz CT molecular complexity index is 241. The molecule has 0 amide bonds. The van der Waals surface area contributed by atoms with E-state index in [2.05, 4.69) is 41.6 Å². The second-order valence-corrected chi connectivity index (χ2v) is 7.06. The quantitative estimate of drug-likeness (QED) is 0.523. The number of rotatable bonds is 10. The van der Waals surface area contributed by atoms with Crippen molar-refractivity contribution in [1.29, 1.82) is 0 Å². The molecule has 20 heavy (non-hydrogen) atoms. The number of nitrogens with zero attached hydrogens (tertiary/aromatic N) is 1. The molecule has 0 spiro atoms. The van der Waals surface area contributed by atoms with Gasteiger partial charge < -0.3 is 9.64 Å². The van der Waals surface area contributed by atoms with Crippen molar-refractivity contribution in [3.8, 4) is 0 Å². The average Bonchev–Trinajstić information content (AvgIpc) is 2.46. The summed E-state index contributed by atoms with van der Waals surface area (Å²) in [4.78, 5) is 2.66. The minimum atomic E-state index is 0.468. The molecule has 0 aliphatic carbocycles. The average molecular weight is 348 g/mol. The van der Waals surface area contributed by atoms with E-state index in [1.807, 2.05) is 0 Å². The van der Waals surface area contributed by atoms with Crippen LogP contribution in [-0.2, 0) is 4.74 Å². The maximum atomic E-state index is 5.98. The molecule has 1 heterocycles. The van der Waals surface area contributed by atoms with E-state index in [0.29, 0.717) is 11.5 Å². The fourth-order valence-electron chi connectivity index (χ4n) is 3.57. The lowest BCUT2D eigenvalue weighted by Crippen LogP contribution is -2.46. The van der Waals surface area contributed by atoms with Crippen LogP contribution < -0.4 is 0 Å². The Labute approximate surface area is 134 Å². The minimum absolute atomic E-state index is 0.468. The predicted octanol–water partition coefficient (Wildman–Crippen LogP) is 4.86. The van der Waals surface area contributed by atoms with Gasteiger partial charge in [-0.1, -0.05) is 49.5 Å². The van der Waals surface area contributed by atoms with Crippen molar-refractivity contribution in [2.75, 3.05) is 31.6 Å². The Morgan fingerprint density at radius 1 is 1.15 bits per heavy atom. The molecule has 2 nitrogen and oxygen atoms in total. The molecule has 1 unspecified atom stereocenters. The van der Waals surface area contributed by atoms with Crippen molar-refractivity contribution in [2.24, 2.45) is 5.41 Å². The molecule has 3 heteroatoms. The Kier molecular flexibility index (Phi) is 9.39. The Balaban J connectivity index is 2.53. The lowest BCUT2D eigenvalue weighted by Gasteiger charge is -2.41. The first-order valence-corrected chi connectivity index (χ1v) is 9.71. The molecule has 0 radical (unpaired) electrons. The number of ether oxygens (including phenoxy) is 1. The summed E-state index contributed by atoms with van der Waals surface area (Å²) in [7, 11) is 0. The third-order valence-electron chi connectivity index (χ3n) is 4.42. The molecule has 0 aromatic carbocycles. The summed E-state index contributed by atoms with van der Waals surface area (Å²) in [6.07, 6.45) is 9.40. The summed E-state index contributed by atoms with van der Waals surface area (Å²) in [6, 6.07) is 0. The Morgan fingerprint density at radius 3 is 2.40 bits per heavy atom. The van der Waals surface area contributed by atoms with Gasteiger partial charge in [0.1, 0.15) is 0 Å². The molecule has 1 saturated heterocycles. The molecule has 1 aliphatic rings. The molecule has 1 aliphatic heterocycles. The molecule has 1 rings (SSSR count). The molecule has 0 bridgehead atoms. The molecule has 0 aromatic rings. The van der Waals surface area contributed by atoms with Crippen LogP contribution in [0, 0.1) is 5.41 Å². The maximum Gasteiger partial charge on any atom is 0.0702 e. The largest absolute Gasteiger partial charge is 0.377 e. The van der Waals surface area contributed by atoms with E-state index >= 15 is 0 Å². The molecule has 0 N–H and O–H groups in total. The van der Waals surface area contributed by atoms with Crippen molar-refractivity contribution in [3.63, 3.8) is 0 Å². The second-order valence-electron chi connectivity index (χ2n) is 6.50. The number of piperidine rings is 1. The van der Waals surface area contributed by atoms with E-state index in [1.54, 1.807) is 0 Å². The summed E-state index contributed by atoms with van der Waals surface area (Å²) in [5.74, 6) is 0. The number of halogens is 1. The van der Waals surface area contributed by atoms with Crippen molar-refractivity contribution in [2.45, 2.75) is 71.8 Å². The first kappa shape index (κ1) is 18.4. The first-order valence-electron chi connectivity index (χ1n) is 8.59. The van der Waals surface area contributed by atoms with E-state index in [4.69, 9.17) is 4.74 Å². The van der Waals surface area contributed by atoms with E-state index in [-0.39, 0.29) is 0 Å². The van der Waals surface area contributed by atoms with Gasteiger partial charge in [-0.3, -0.25) is 0 Å². The molecular weight excluding hydrogens is 314 g/mol. The van der Waals surface area contributed by atoms with Crippen LogP contribution in [0.15, 0.2) is 0 Å². The number of hydrogen-bond acceptors (Lipinski definition) is 2. The Hall–Kier alpha value is 0.400. The maximum absolute atomic E-state index is 5.98. The van der Waals surface area contributed by atoms with E-state index in [0.717, 1.165) is 24.9 Å². The van der Waals surface area contributed by atoms with Crippen LogP contribution in [0.2, 0.25) is 0 Å². The van der Waals surface area contributed by atoms with E-state index in [1.165, 1.54) is 51.6 Å². The zero-order valence-corrected chi connectivity index (χ0v) is 15.4. The smallest absolute Gasteiger partial charge is 0.0702 e. The summed E-state index contributed by atoms with van der Waals surface area (Å²) < 4.78 is 5.98. The summed E-state index contributed by atoms with van der Waals surface area (Å²) in [6.45, 7) is 11.4. The highest BCUT2D eigenvalue weighted by Gasteiger charge is 2.31. The highest BCUT2D eigenvalue weighted by Crippen LogP contribution is 2.34. The zero-order chi connectivity index (χ0) is 14.8. The molecular formula is C17H34BrNO. The number of alkyl halides is 1. The fraction of sp³-hybridized carbons (Fsp3) is 1.00. The van der Waals surface area contributed by atoms with Crippen molar-refractivity contribution in [1.82, 2.24) is 4.90 Å². The van der Waals surface area contributed by atoms with Crippen LogP contribution in [0.25, 0.3) is 0 Å². The summed E-state index contributed by atoms with van der Waals surface area (Å²) >= 11 is 3.80. The summed E-state index contributed by atoms with van der Waals surface area (Å²) in [5.41, 5.74) is 0.468. The lowest BCUT2D eigenvalue weighted by atomic mass is 9.80. The van der Waals surface area contributed by atoms with Gasteiger partial charge in [0.15, 0.2) is 0 Å². The van der Waals surface area contributed by atoms with Crippen molar-refractivity contribution in [3.05, 3.63) is 0 Å². The van der Waals surface area contributed by atoms with Crippen LogP contribution in [-0.4, -0.2) is 42.6 Å². The molecule has 0 aromatic heterocycles.